The van der Waals surface area contributed by atoms with Gasteiger partial charge in [0.05, 0.1) is 21.4 Å². The summed E-state index contributed by atoms with van der Waals surface area (Å²) >= 11 is 9.43. The Morgan fingerprint density at radius 1 is 1.32 bits per heavy atom. The third-order valence-corrected chi connectivity index (χ3v) is 3.85. The van der Waals surface area contributed by atoms with Gasteiger partial charge in [-0.15, -0.1) is 0 Å². The SMILES string of the molecule is Cn1c(=O)c(Br)cc2cnn(-c3ccccc3Cl)c21. The maximum absolute atomic E-state index is 12.0. The molecule has 6 heteroatoms. The van der Waals surface area contributed by atoms with Crippen LogP contribution < -0.4 is 5.56 Å². The van der Waals surface area contributed by atoms with Crippen molar-refractivity contribution in [2.24, 2.45) is 7.05 Å². The van der Waals surface area contributed by atoms with Crippen molar-refractivity contribution in [3.05, 3.63) is 56.4 Å². The van der Waals surface area contributed by atoms with Crippen LogP contribution >= 0.6 is 27.5 Å². The third-order valence-electron chi connectivity index (χ3n) is 2.96. The van der Waals surface area contributed by atoms with Gasteiger partial charge in [0.15, 0.2) is 0 Å². The zero-order valence-electron chi connectivity index (χ0n) is 9.97. The first kappa shape index (κ1) is 12.4. The Morgan fingerprint density at radius 3 is 2.79 bits per heavy atom. The molecule has 19 heavy (non-hydrogen) atoms. The normalized spacial score (nSPS) is 11.1. The van der Waals surface area contributed by atoms with Gasteiger partial charge >= 0.3 is 0 Å². The summed E-state index contributed by atoms with van der Waals surface area (Å²) in [4.78, 5) is 12.0. The molecule has 0 aliphatic heterocycles. The van der Waals surface area contributed by atoms with Crippen molar-refractivity contribution in [1.82, 2.24) is 14.3 Å². The number of halogens is 2. The van der Waals surface area contributed by atoms with Gasteiger partial charge in [-0.05, 0) is 34.1 Å². The van der Waals surface area contributed by atoms with Gasteiger partial charge < -0.3 is 0 Å². The summed E-state index contributed by atoms with van der Waals surface area (Å²) in [5.74, 6) is 0. The van der Waals surface area contributed by atoms with Gasteiger partial charge in [-0.2, -0.15) is 5.10 Å². The van der Waals surface area contributed by atoms with Gasteiger partial charge in [-0.25, -0.2) is 4.68 Å². The fourth-order valence-corrected chi connectivity index (χ4v) is 2.78. The second-order valence-electron chi connectivity index (χ2n) is 4.14. The second-order valence-corrected chi connectivity index (χ2v) is 5.40. The molecule has 0 N–H and O–H groups in total. The zero-order valence-corrected chi connectivity index (χ0v) is 12.3. The minimum absolute atomic E-state index is 0.110. The Hall–Kier alpha value is -1.59. The van der Waals surface area contributed by atoms with Crippen molar-refractivity contribution >= 4 is 38.6 Å². The van der Waals surface area contributed by atoms with E-state index in [1.807, 2.05) is 18.2 Å². The number of hydrogen-bond donors (Lipinski definition) is 0. The van der Waals surface area contributed by atoms with Gasteiger partial charge in [-0.3, -0.25) is 9.36 Å². The van der Waals surface area contributed by atoms with Crippen LogP contribution in [-0.4, -0.2) is 14.3 Å². The van der Waals surface area contributed by atoms with E-state index in [4.69, 9.17) is 11.6 Å². The minimum Gasteiger partial charge on any atom is -0.295 e. The van der Waals surface area contributed by atoms with Crippen LogP contribution in [0.1, 0.15) is 0 Å². The van der Waals surface area contributed by atoms with Crippen molar-refractivity contribution in [1.29, 1.82) is 0 Å². The number of fused-ring (bicyclic) bond motifs is 1. The molecule has 3 aromatic rings. The third kappa shape index (κ3) is 1.89. The number of nitrogens with zero attached hydrogens (tertiary/aromatic N) is 3. The predicted molar refractivity (Wildman–Crippen MR) is 79.0 cm³/mol. The monoisotopic (exact) mass is 337 g/mol. The summed E-state index contributed by atoms with van der Waals surface area (Å²) < 4.78 is 3.74. The van der Waals surface area contributed by atoms with Crippen LogP contribution in [0.4, 0.5) is 0 Å². The average Bonchev–Trinajstić information content (AvgIpc) is 2.80. The maximum Gasteiger partial charge on any atom is 0.266 e. The number of para-hydroxylation sites is 1. The molecule has 4 nitrogen and oxygen atoms in total. The van der Waals surface area contributed by atoms with Gasteiger partial charge in [0, 0.05) is 12.4 Å². The number of rotatable bonds is 1. The molecule has 2 aromatic heterocycles. The molecule has 0 aliphatic carbocycles. The highest BCUT2D eigenvalue weighted by molar-refractivity contribution is 9.10. The Bertz CT molecular complexity index is 838. The highest BCUT2D eigenvalue weighted by Gasteiger charge is 2.13. The second kappa shape index (κ2) is 4.51. The van der Waals surface area contributed by atoms with Gasteiger partial charge in [0.1, 0.15) is 5.65 Å². The molecule has 0 saturated carbocycles. The van der Waals surface area contributed by atoms with Crippen LogP contribution in [0.25, 0.3) is 16.7 Å². The van der Waals surface area contributed by atoms with Crippen molar-refractivity contribution in [3.63, 3.8) is 0 Å². The molecule has 0 atom stereocenters. The van der Waals surface area contributed by atoms with Crippen LogP contribution in [0.5, 0.6) is 0 Å². The standard InChI is InChI=1S/C13H9BrClN3O/c1-17-12-8(6-9(14)13(17)19)7-16-18(12)11-5-3-2-4-10(11)15/h2-7H,1H3. The number of aryl methyl sites for hydroxylation is 1. The molecule has 0 spiro atoms. The van der Waals surface area contributed by atoms with Crippen LogP contribution in [0.3, 0.4) is 0 Å². The summed E-state index contributed by atoms with van der Waals surface area (Å²) in [5, 5.41) is 5.78. The number of benzene rings is 1. The maximum atomic E-state index is 12.0. The topological polar surface area (TPSA) is 39.8 Å². The first-order chi connectivity index (χ1) is 9.09. The summed E-state index contributed by atoms with van der Waals surface area (Å²) in [6, 6.07) is 9.15. The van der Waals surface area contributed by atoms with Crippen molar-refractivity contribution in [2.45, 2.75) is 0 Å². The summed E-state index contributed by atoms with van der Waals surface area (Å²) in [7, 11) is 1.71. The van der Waals surface area contributed by atoms with Crippen LogP contribution in [0.15, 0.2) is 45.8 Å². The molecule has 0 fully saturated rings. The Morgan fingerprint density at radius 2 is 2.05 bits per heavy atom. The molecule has 0 unspecified atom stereocenters. The summed E-state index contributed by atoms with van der Waals surface area (Å²) in [6.07, 6.45) is 1.71. The van der Waals surface area contributed by atoms with E-state index < -0.39 is 0 Å². The largest absolute Gasteiger partial charge is 0.295 e. The molecule has 0 aliphatic rings. The van der Waals surface area contributed by atoms with Crippen molar-refractivity contribution in [2.75, 3.05) is 0 Å². The first-order valence-electron chi connectivity index (χ1n) is 5.58. The van der Waals surface area contributed by atoms with Crippen molar-refractivity contribution < 1.29 is 0 Å². The van der Waals surface area contributed by atoms with Gasteiger partial charge in [0.2, 0.25) is 0 Å². The van der Waals surface area contributed by atoms with Crippen molar-refractivity contribution in [3.8, 4) is 5.69 Å². The molecule has 0 amide bonds. The predicted octanol–water partition coefficient (Wildman–Crippen LogP) is 3.14. The van der Waals surface area contributed by atoms with E-state index in [1.54, 1.807) is 34.6 Å². The molecule has 0 radical (unpaired) electrons. The molecule has 1 aromatic carbocycles. The van der Waals surface area contributed by atoms with Gasteiger partial charge in [0.25, 0.3) is 5.56 Å². The highest BCUT2D eigenvalue weighted by atomic mass is 79.9. The smallest absolute Gasteiger partial charge is 0.266 e. The first-order valence-corrected chi connectivity index (χ1v) is 6.75. The fraction of sp³-hybridized carbons (Fsp3) is 0.0769. The van der Waals surface area contributed by atoms with Crippen LogP contribution in [-0.2, 0) is 7.05 Å². The lowest BCUT2D eigenvalue weighted by Gasteiger charge is -2.08. The molecular formula is C13H9BrClN3O. The molecular weight excluding hydrogens is 330 g/mol. The van der Waals surface area contributed by atoms with Crippen LogP contribution in [0, 0.1) is 0 Å². The Labute approximate surface area is 122 Å². The van der Waals surface area contributed by atoms with E-state index in [9.17, 15) is 4.79 Å². The van der Waals surface area contributed by atoms with E-state index >= 15 is 0 Å². The summed E-state index contributed by atoms with van der Waals surface area (Å²) in [5.41, 5.74) is 1.35. The Kier molecular flexibility index (Phi) is 2.95. The van der Waals surface area contributed by atoms with Gasteiger partial charge in [-0.1, -0.05) is 23.7 Å². The lowest BCUT2D eigenvalue weighted by molar-refractivity contribution is 0.816. The molecule has 0 saturated heterocycles. The Balaban J connectivity index is 2.42. The number of hydrogen-bond acceptors (Lipinski definition) is 2. The van der Waals surface area contributed by atoms with E-state index in [1.165, 1.54) is 0 Å². The fourth-order valence-electron chi connectivity index (χ4n) is 2.05. The van der Waals surface area contributed by atoms with E-state index in [0.29, 0.717) is 15.1 Å². The summed E-state index contributed by atoms with van der Waals surface area (Å²) in [6.45, 7) is 0. The average molecular weight is 339 g/mol. The highest BCUT2D eigenvalue weighted by Crippen LogP contribution is 2.24. The lowest BCUT2D eigenvalue weighted by atomic mass is 10.3. The lowest BCUT2D eigenvalue weighted by Crippen LogP contribution is -2.19. The molecule has 3 rings (SSSR count). The number of pyridine rings is 1. The van der Waals surface area contributed by atoms with Crippen LogP contribution in [0.2, 0.25) is 5.02 Å². The molecule has 0 bridgehead atoms. The quantitative estimate of drug-likeness (QED) is 0.684. The number of aromatic nitrogens is 3. The minimum atomic E-state index is -0.110. The zero-order chi connectivity index (χ0) is 13.6. The molecule has 2 heterocycles. The van der Waals surface area contributed by atoms with E-state index in [-0.39, 0.29) is 5.56 Å². The van der Waals surface area contributed by atoms with E-state index in [0.717, 1.165) is 11.1 Å². The molecule has 96 valence electrons. The van der Waals surface area contributed by atoms with E-state index in [2.05, 4.69) is 21.0 Å².